The molecular formula is C9H13ClN2O3S. The maximum absolute atomic E-state index is 11.7. The van der Waals surface area contributed by atoms with Crippen LogP contribution in [0, 0.1) is 0 Å². The van der Waals surface area contributed by atoms with Crippen molar-refractivity contribution in [2.75, 3.05) is 6.54 Å². The molecule has 0 aliphatic heterocycles. The Morgan fingerprint density at radius 2 is 2.31 bits per heavy atom. The minimum atomic E-state index is -3.70. The first-order valence-electron chi connectivity index (χ1n) is 4.75. The van der Waals surface area contributed by atoms with E-state index in [0.29, 0.717) is 6.42 Å². The number of hydrogen-bond donors (Lipinski definition) is 2. The molecule has 1 aromatic rings. The Morgan fingerprint density at radius 3 is 2.88 bits per heavy atom. The van der Waals surface area contributed by atoms with Crippen molar-refractivity contribution in [2.24, 2.45) is 0 Å². The van der Waals surface area contributed by atoms with Crippen LogP contribution in [0.15, 0.2) is 23.2 Å². The van der Waals surface area contributed by atoms with Crippen LogP contribution in [-0.2, 0) is 10.0 Å². The van der Waals surface area contributed by atoms with Crippen molar-refractivity contribution in [3.05, 3.63) is 23.5 Å². The van der Waals surface area contributed by atoms with E-state index in [1.165, 1.54) is 18.3 Å². The molecule has 0 radical (unpaired) electrons. The van der Waals surface area contributed by atoms with E-state index in [1.54, 1.807) is 6.92 Å². The Morgan fingerprint density at radius 1 is 1.62 bits per heavy atom. The average Bonchev–Trinajstić information content (AvgIpc) is 2.26. The molecule has 1 atom stereocenters. The third kappa shape index (κ3) is 3.41. The summed E-state index contributed by atoms with van der Waals surface area (Å²) in [6.45, 7) is 1.72. The lowest BCUT2D eigenvalue weighted by atomic mass is 10.3. The van der Waals surface area contributed by atoms with Crippen LogP contribution in [0.2, 0.25) is 5.15 Å². The summed E-state index contributed by atoms with van der Waals surface area (Å²) in [6.07, 6.45) is 1.18. The summed E-state index contributed by atoms with van der Waals surface area (Å²) in [7, 11) is -3.70. The van der Waals surface area contributed by atoms with Crippen molar-refractivity contribution < 1.29 is 13.5 Å². The quantitative estimate of drug-likeness (QED) is 0.771. The summed E-state index contributed by atoms with van der Waals surface area (Å²) in [5, 5.41) is 9.18. The zero-order valence-corrected chi connectivity index (χ0v) is 10.3. The molecule has 0 saturated carbocycles. The fourth-order valence-corrected chi connectivity index (χ4v) is 2.52. The number of sulfonamides is 1. The highest BCUT2D eigenvalue weighted by Gasteiger charge is 2.18. The summed E-state index contributed by atoms with van der Waals surface area (Å²) in [5.74, 6) is 0. The molecule has 90 valence electrons. The Balaban J connectivity index is 2.83. The zero-order valence-electron chi connectivity index (χ0n) is 8.72. The van der Waals surface area contributed by atoms with Crippen LogP contribution in [0.3, 0.4) is 0 Å². The van der Waals surface area contributed by atoms with Gasteiger partial charge >= 0.3 is 0 Å². The van der Waals surface area contributed by atoms with E-state index < -0.39 is 16.1 Å². The minimum Gasteiger partial charge on any atom is -0.392 e. The predicted molar refractivity (Wildman–Crippen MR) is 60.7 cm³/mol. The maximum Gasteiger partial charge on any atom is 0.243 e. The van der Waals surface area contributed by atoms with Crippen LogP contribution in [0.25, 0.3) is 0 Å². The molecule has 0 unspecified atom stereocenters. The first kappa shape index (κ1) is 13.4. The summed E-state index contributed by atoms with van der Waals surface area (Å²) < 4.78 is 25.7. The molecule has 0 amide bonds. The van der Waals surface area contributed by atoms with E-state index in [4.69, 9.17) is 11.6 Å². The number of hydrogen-bond acceptors (Lipinski definition) is 4. The van der Waals surface area contributed by atoms with Crippen LogP contribution in [0.5, 0.6) is 0 Å². The van der Waals surface area contributed by atoms with Crippen LogP contribution in [-0.4, -0.2) is 31.2 Å². The van der Waals surface area contributed by atoms with Crippen molar-refractivity contribution in [2.45, 2.75) is 24.3 Å². The summed E-state index contributed by atoms with van der Waals surface area (Å²) in [5.41, 5.74) is 0. The minimum absolute atomic E-state index is 0.0376. The molecule has 0 spiro atoms. The fraction of sp³-hybridized carbons (Fsp3) is 0.444. The van der Waals surface area contributed by atoms with Gasteiger partial charge in [0.2, 0.25) is 10.0 Å². The molecule has 16 heavy (non-hydrogen) atoms. The van der Waals surface area contributed by atoms with Gasteiger partial charge in [0, 0.05) is 12.7 Å². The van der Waals surface area contributed by atoms with Gasteiger partial charge in [0.15, 0.2) is 0 Å². The van der Waals surface area contributed by atoms with Crippen molar-refractivity contribution in [3.63, 3.8) is 0 Å². The molecule has 0 fully saturated rings. The van der Waals surface area contributed by atoms with Crippen LogP contribution in [0.1, 0.15) is 13.3 Å². The smallest absolute Gasteiger partial charge is 0.243 e. The third-order valence-electron chi connectivity index (χ3n) is 1.99. The predicted octanol–water partition coefficient (Wildman–Crippen LogP) is 0.784. The first-order valence-corrected chi connectivity index (χ1v) is 6.61. The van der Waals surface area contributed by atoms with Gasteiger partial charge in [-0.3, -0.25) is 0 Å². The normalized spacial score (nSPS) is 13.7. The maximum atomic E-state index is 11.7. The van der Waals surface area contributed by atoms with Gasteiger partial charge in [0.1, 0.15) is 10.0 Å². The molecule has 1 aromatic heterocycles. The highest BCUT2D eigenvalue weighted by atomic mass is 35.5. The highest BCUT2D eigenvalue weighted by Crippen LogP contribution is 2.17. The van der Waals surface area contributed by atoms with E-state index >= 15 is 0 Å². The molecule has 0 aromatic carbocycles. The SMILES string of the molecule is CC[C@@H](O)CNS(=O)(=O)c1cccnc1Cl. The molecule has 1 heterocycles. The summed E-state index contributed by atoms with van der Waals surface area (Å²) in [4.78, 5) is 3.59. The van der Waals surface area contributed by atoms with Gasteiger partial charge in [0.25, 0.3) is 0 Å². The number of halogens is 1. The third-order valence-corrected chi connectivity index (χ3v) is 3.86. The van der Waals surface area contributed by atoms with Gasteiger partial charge in [-0.15, -0.1) is 0 Å². The second-order valence-corrected chi connectivity index (χ2v) is 5.30. The average molecular weight is 265 g/mol. The van der Waals surface area contributed by atoms with Crippen LogP contribution in [0.4, 0.5) is 0 Å². The van der Waals surface area contributed by atoms with Gasteiger partial charge < -0.3 is 5.11 Å². The lowest BCUT2D eigenvalue weighted by Gasteiger charge is -2.10. The first-order chi connectivity index (χ1) is 7.47. The van der Waals surface area contributed by atoms with E-state index in [2.05, 4.69) is 9.71 Å². The van der Waals surface area contributed by atoms with Crippen LogP contribution >= 0.6 is 11.6 Å². The van der Waals surface area contributed by atoms with Crippen molar-refractivity contribution in [3.8, 4) is 0 Å². The van der Waals surface area contributed by atoms with Gasteiger partial charge in [-0.05, 0) is 18.6 Å². The second-order valence-electron chi connectivity index (χ2n) is 3.21. The topological polar surface area (TPSA) is 79.3 Å². The zero-order chi connectivity index (χ0) is 12.2. The van der Waals surface area contributed by atoms with E-state index in [9.17, 15) is 13.5 Å². The number of nitrogens with zero attached hydrogens (tertiary/aromatic N) is 1. The molecule has 0 saturated heterocycles. The molecule has 1 rings (SSSR count). The molecule has 0 bridgehead atoms. The van der Waals surface area contributed by atoms with Gasteiger partial charge in [-0.1, -0.05) is 18.5 Å². The van der Waals surface area contributed by atoms with Crippen LogP contribution < -0.4 is 4.72 Å². The monoisotopic (exact) mass is 264 g/mol. The highest BCUT2D eigenvalue weighted by molar-refractivity contribution is 7.89. The number of nitrogens with one attached hydrogen (secondary N) is 1. The largest absolute Gasteiger partial charge is 0.392 e. The molecule has 7 heteroatoms. The number of rotatable bonds is 5. The van der Waals surface area contributed by atoms with E-state index in [1.807, 2.05) is 0 Å². The number of aromatic nitrogens is 1. The Bertz CT molecular complexity index is 450. The Labute approximate surface area is 99.5 Å². The van der Waals surface area contributed by atoms with Crippen molar-refractivity contribution >= 4 is 21.6 Å². The standard InChI is InChI=1S/C9H13ClN2O3S/c1-2-7(13)6-12-16(14,15)8-4-3-5-11-9(8)10/h3-5,7,12-13H,2,6H2,1H3/t7-/m1/s1. The molecule has 0 aliphatic carbocycles. The lowest BCUT2D eigenvalue weighted by Crippen LogP contribution is -2.32. The number of aliphatic hydroxyl groups is 1. The Hall–Kier alpha value is -0.690. The molecular weight excluding hydrogens is 252 g/mol. The van der Waals surface area contributed by atoms with E-state index in [-0.39, 0.29) is 16.6 Å². The molecule has 0 aliphatic rings. The number of aliphatic hydroxyl groups excluding tert-OH is 1. The lowest BCUT2D eigenvalue weighted by molar-refractivity contribution is 0.174. The van der Waals surface area contributed by atoms with E-state index in [0.717, 1.165) is 0 Å². The summed E-state index contributed by atoms with van der Waals surface area (Å²) >= 11 is 5.67. The van der Waals surface area contributed by atoms with Gasteiger partial charge in [-0.25, -0.2) is 18.1 Å². The molecule has 5 nitrogen and oxygen atoms in total. The Kier molecular flexibility index (Phi) is 4.67. The second kappa shape index (κ2) is 5.58. The number of pyridine rings is 1. The fourth-order valence-electron chi connectivity index (χ4n) is 1.000. The van der Waals surface area contributed by atoms with Gasteiger partial charge in [0.05, 0.1) is 6.10 Å². The molecule has 2 N–H and O–H groups in total. The summed E-state index contributed by atoms with van der Waals surface area (Å²) in [6, 6.07) is 2.84. The van der Waals surface area contributed by atoms with Crippen molar-refractivity contribution in [1.29, 1.82) is 0 Å². The van der Waals surface area contributed by atoms with Gasteiger partial charge in [-0.2, -0.15) is 0 Å². The van der Waals surface area contributed by atoms with Crippen molar-refractivity contribution in [1.82, 2.24) is 9.71 Å².